The highest BCUT2D eigenvalue weighted by atomic mass is 35.5. The number of amides is 1. The van der Waals surface area contributed by atoms with Crippen LogP contribution in [0.5, 0.6) is 5.75 Å². The first-order valence-electron chi connectivity index (χ1n) is 8.94. The van der Waals surface area contributed by atoms with Gasteiger partial charge in [0, 0.05) is 28.3 Å². The Morgan fingerprint density at radius 1 is 1.38 bits per heavy atom. The molecule has 148 valence electrons. The number of benzene rings is 1. The highest BCUT2D eigenvalue weighted by molar-refractivity contribution is 7.17. The molecule has 0 aliphatic carbocycles. The molecule has 0 radical (unpaired) electrons. The van der Waals surface area contributed by atoms with Gasteiger partial charge >= 0.3 is 0 Å². The molecule has 3 heterocycles. The zero-order valence-corrected chi connectivity index (χ0v) is 17.9. The number of nitrogens with zero attached hydrogens (tertiary/aromatic N) is 1. The molecule has 0 saturated carbocycles. The number of nitrogens with one attached hydrogen (secondary N) is 1. The van der Waals surface area contributed by atoms with Crippen LogP contribution in [0.2, 0.25) is 5.02 Å². The molecule has 1 aromatic carbocycles. The number of thiazole rings is 1. The van der Waals surface area contributed by atoms with Gasteiger partial charge in [0.2, 0.25) is 5.91 Å². The zero-order chi connectivity index (χ0) is 20.4. The number of ketones is 1. The fraction of sp³-hybridized carbons (Fsp3) is 0.190. The Morgan fingerprint density at radius 3 is 2.97 bits per heavy atom. The summed E-state index contributed by atoms with van der Waals surface area (Å²) in [7, 11) is 0. The lowest BCUT2D eigenvalue weighted by Crippen LogP contribution is -2.33. The minimum atomic E-state index is -0.195. The van der Waals surface area contributed by atoms with Crippen LogP contribution >= 0.6 is 34.3 Å². The van der Waals surface area contributed by atoms with Gasteiger partial charge in [-0.3, -0.25) is 9.59 Å². The summed E-state index contributed by atoms with van der Waals surface area (Å²) in [6.07, 6.45) is 3.62. The molecular weight excluding hydrogens is 428 g/mol. The molecule has 3 aromatic rings. The van der Waals surface area contributed by atoms with Crippen LogP contribution in [-0.2, 0) is 11.2 Å². The van der Waals surface area contributed by atoms with Crippen molar-refractivity contribution >= 4 is 52.0 Å². The first-order valence-corrected chi connectivity index (χ1v) is 11.1. The average Bonchev–Trinajstić information content (AvgIpc) is 3.44. The van der Waals surface area contributed by atoms with E-state index in [1.165, 1.54) is 28.7 Å². The maximum atomic E-state index is 12.0. The third-order valence-corrected chi connectivity index (χ3v) is 6.57. The highest BCUT2D eigenvalue weighted by Crippen LogP contribution is 2.41. The van der Waals surface area contributed by atoms with Crippen LogP contribution in [0.3, 0.4) is 0 Å². The molecule has 1 unspecified atom stereocenters. The number of rotatable bonds is 6. The Labute approximate surface area is 181 Å². The minimum Gasteiger partial charge on any atom is -0.486 e. The van der Waals surface area contributed by atoms with Crippen molar-refractivity contribution in [2.45, 2.75) is 19.4 Å². The Kier molecular flexibility index (Phi) is 5.80. The van der Waals surface area contributed by atoms with Gasteiger partial charge in [0.25, 0.3) is 0 Å². The van der Waals surface area contributed by atoms with Crippen molar-refractivity contribution in [3.63, 3.8) is 0 Å². The van der Waals surface area contributed by atoms with E-state index in [0.717, 1.165) is 26.6 Å². The van der Waals surface area contributed by atoms with Crippen LogP contribution in [-0.4, -0.2) is 29.3 Å². The first kappa shape index (κ1) is 19.8. The number of carbonyl (C=O) groups excluding carboxylic acids is 2. The van der Waals surface area contributed by atoms with Crippen LogP contribution in [0.25, 0.3) is 16.5 Å². The summed E-state index contributed by atoms with van der Waals surface area (Å²) in [6.45, 7) is 1.94. The second-order valence-corrected chi connectivity index (χ2v) is 8.81. The van der Waals surface area contributed by atoms with Gasteiger partial charge in [-0.25, -0.2) is 4.98 Å². The van der Waals surface area contributed by atoms with E-state index in [-0.39, 0.29) is 17.8 Å². The molecule has 1 amide bonds. The number of fused-ring (bicyclic) bond motifs is 1. The lowest BCUT2D eigenvalue weighted by atomic mass is 10.1. The third-order valence-electron chi connectivity index (χ3n) is 4.45. The van der Waals surface area contributed by atoms with Crippen molar-refractivity contribution in [1.29, 1.82) is 0 Å². The second-order valence-electron chi connectivity index (χ2n) is 6.60. The number of hydrogen-bond donors (Lipinski definition) is 1. The summed E-state index contributed by atoms with van der Waals surface area (Å²) in [5.74, 6) is 0.521. The van der Waals surface area contributed by atoms with Gasteiger partial charge in [0.05, 0.1) is 27.6 Å². The maximum absolute atomic E-state index is 12.0. The third kappa shape index (κ3) is 4.58. The van der Waals surface area contributed by atoms with E-state index in [1.807, 2.05) is 29.6 Å². The molecule has 29 heavy (non-hydrogen) atoms. The van der Waals surface area contributed by atoms with E-state index < -0.39 is 0 Å². The maximum Gasteiger partial charge on any atom is 0.244 e. The van der Waals surface area contributed by atoms with E-state index in [2.05, 4.69) is 10.3 Å². The van der Waals surface area contributed by atoms with E-state index in [9.17, 15) is 9.59 Å². The van der Waals surface area contributed by atoms with Crippen molar-refractivity contribution in [1.82, 2.24) is 10.3 Å². The predicted molar refractivity (Wildman–Crippen MR) is 117 cm³/mol. The molecule has 0 spiro atoms. The molecule has 0 saturated heterocycles. The summed E-state index contributed by atoms with van der Waals surface area (Å²) in [4.78, 5) is 29.4. The lowest BCUT2D eigenvalue weighted by molar-refractivity contribution is -0.116. The highest BCUT2D eigenvalue weighted by Gasteiger charge is 2.26. The number of aromatic nitrogens is 1. The molecule has 1 atom stereocenters. The standard InChI is InChI=1S/C21H17ClN2O3S2/c1-12(25)18-3-4-19(29-18)13-6-14-7-16(27-21(14)17(22)8-13)9-23-20(26)5-2-15-10-28-11-24-15/h2-6,8,10-11,16H,7,9H2,1H3,(H,23,26). The molecule has 5 nitrogen and oxygen atoms in total. The van der Waals surface area contributed by atoms with Crippen molar-refractivity contribution in [2.75, 3.05) is 6.54 Å². The zero-order valence-electron chi connectivity index (χ0n) is 15.5. The van der Waals surface area contributed by atoms with Gasteiger partial charge in [0.15, 0.2) is 5.78 Å². The van der Waals surface area contributed by atoms with E-state index in [0.29, 0.717) is 23.7 Å². The number of hydrogen-bond acceptors (Lipinski definition) is 6. The Balaban J connectivity index is 1.40. The van der Waals surface area contributed by atoms with Gasteiger partial charge in [-0.2, -0.15) is 0 Å². The number of Topliss-reactive ketones (excluding diaryl/α,β-unsaturated/α-hetero) is 1. The van der Waals surface area contributed by atoms with E-state index >= 15 is 0 Å². The monoisotopic (exact) mass is 444 g/mol. The number of thiophene rings is 1. The van der Waals surface area contributed by atoms with Gasteiger partial charge in [-0.15, -0.1) is 22.7 Å². The van der Waals surface area contributed by atoms with Gasteiger partial charge < -0.3 is 10.1 Å². The fourth-order valence-corrected chi connectivity index (χ4v) is 4.76. The van der Waals surface area contributed by atoms with Crippen molar-refractivity contribution in [2.24, 2.45) is 0 Å². The summed E-state index contributed by atoms with van der Waals surface area (Å²) in [5, 5.41) is 5.25. The van der Waals surface area contributed by atoms with Crippen molar-refractivity contribution in [3.8, 4) is 16.2 Å². The van der Waals surface area contributed by atoms with Crippen molar-refractivity contribution in [3.05, 3.63) is 62.4 Å². The molecule has 1 N–H and O–H groups in total. The molecule has 1 aliphatic rings. The second kappa shape index (κ2) is 8.49. The SMILES string of the molecule is CC(=O)c1ccc(-c2cc(Cl)c3c(c2)CC(CNC(=O)C=Cc2cscn2)O3)s1. The minimum absolute atomic E-state index is 0.0523. The molecular formula is C21H17ClN2O3S2. The molecule has 4 rings (SSSR count). The van der Waals surface area contributed by atoms with Crippen LogP contribution < -0.4 is 10.1 Å². The van der Waals surface area contributed by atoms with Crippen LogP contribution in [0.4, 0.5) is 0 Å². The summed E-state index contributed by atoms with van der Waals surface area (Å²) in [6, 6.07) is 7.66. The van der Waals surface area contributed by atoms with Crippen LogP contribution in [0.1, 0.15) is 27.9 Å². The molecule has 8 heteroatoms. The number of ether oxygens (including phenoxy) is 1. The largest absolute Gasteiger partial charge is 0.486 e. The fourth-order valence-electron chi connectivity index (χ4n) is 3.06. The molecule has 0 fully saturated rings. The summed E-state index contributed by atoms with van der Waals surface area (Å²) in [5.41, 5.74) is 4.44. The van der Waals surface area contributed by atoms with Gasteiger partial charge in [-0.1, -0.05) is 11.6 Å². The normalized spacial score (nSPS) is 15.3. The Morgan fingerprint density at radius 2 is 2.24 bits per heavy atom. The Hall–Kier alpha value is -2.48. The molecule has 0 bridgehead atoms. The van der Waals surface area contributed by atoms with Gasteiger partial charge in [-0.05, 0) is 42.8 Å². The van der Waals surface area contributed by atoms with Gasteiger partial charge in [0.1, 0.15) is 11.9 Å². The summed E-state index contributed by atoms with van der Waals surface area (Å²) < 4.78 is 5.94. The quantitative estimate of drug-likeness (QED) is 0.435. The molecule has 1 aliphatic heterocycles. The topological polar surface area (TPSA) is 68.3 Å². The Bertz CT molecular complexity index is 1090. The average molecular weight is 445 g/mol. The predicted octanol–water partition coefficient (Wildman–Crippen LogP) is 4.86. The number of halogens is 1. The van der Waals surface area contributed by atoms with E-state index in [4.69, 9.17) is 16.3 Å². The number of carbonyl (C=O) groups is 2. The summed E-state index contributed by atoms with van der Waals surface area (Å²) >= 11 is 9.37. The van der Waals surface area contributed by atoms with Crippen LogP contribution in [0.15, 0.2) is 41.2 Å². The molecule has 2 aromatic heterocycles. The lowest BCUT2D eigenvalue weighted by Gasteiger charge is -2.11. The van der Waals surface area contributed by atoms with Crippen LogP contribution in [0, 0.1) is 0 Å². The smallest absolute Gasteiger partial charge is 0.244 e. The van der Waals surface area contributed by atoms with E-state index in [1.54, 1.807) is 18.5 Å². The van der Waals surface area contributed by atoms with Crippen molar-refractivity contribution < 1.29 is 14.3 Å². The first-order chi connectivity index (χ1) is 14.0.